The van der Waals surface area contributed by atoms with Crippen LogP contribution in [0.1, 0.15) is 144 Å². The maximum atomic E-state index is 5.20. The molecule has 0 aliphatic rings. The minimum Gasteiger partial charge on any atom is -0.197 e. The van der Waals surface area contributed by atoms with E-state index >= 15 is 0 Å². The van der Waals surface area contributed by atoms with Crippen molar-refractivity contribution in [3.05, 3.63) is 0 Å². The van der Waals surface area contributed by atoms with E-state index in [0.29, 0.717) is 9.49 Å². The molecule has 0 rings (SSSR count). The van der Waals surface area contributed by atoms with E-state index in [4.69, 9.17) is 11.7 Å². The maximum absolute atomic E-state index is 5.20. The van der Waals surface area contributed by atoms with Gasteiger partial charge in [-0.2, -0.15) is 9.93 Å². The van der Waals surface area contributed by atoms with Gasteiger partial charge in [0.2, 0.25) is 0 Å². The summed E-state index contributed by atoms with van der Waals surface area (Å²) in [6, 6.07) is 0. The zero-order valence-corrected chi connectivity index (χ0v) is 21.0. The number of hydrogen-bond acceptors (Lipinski definition) is 1. The summed E-state index contributed by atoms with van der Waals surface area (Å²) in [7, 11) is -0.233. The van der Waals surface area contributed by atoms with Gasteiger partial charge in [-0.3, -0.25) is 0 Å². The standard InChI is InChI=1S/C24H52S2/c1-7-9-11-13-15-17-19-21-23(3,4)26(25)24(5,6)22-20-18-16-14-12-10-8-2/h25-26H,7-22H2,1-6H3. The van der Waals surface area contributed by atoms with Gasteiger partial charge in [-0.05, 0) is 12.8 Å². The van der Waals surface area contributed by atoms with Gasteiger partial charge in [-0.1, -0.05) is 131 Å². The van der Waals surface area contributed by atoms with Gasteiger partial charge in [0.25, 0.3) is 0 Å². The first-order valence-electron chi connectivity index (χ1n) is 11.8. The van der Waals surface area contributed by atoms with E-state index in [9.17, 15) is 0 Å². The van der Waals surface area contributed by atoms with Crippen molar-refractivity contribution >= 4 is 21.6 Å². The molecule has 0 aliphatic heterocycles. The Bertz CT molecular complexity index is 279. The molecular weight excluding hydrogens is 352 g/mol. The van der Waals surface area contributed by atoms with E-state index in [1.807, 2.05) is 0 Å². The highest BCUT2D eigenvalue weighted by Crippen LogP contribution is 2.58. The van der Waals surface area contributed by atoms with E-state index in [0.717, 1.165) is 0 Å². The van der Waals surface area contributed by atoms with E-state index < -0.39 is 0 Å². The molecule has 0 atom stereocenters. The van der Waals surface area contributed by atoms with Gasteiger partial charge in [0.15, 0.2) is 0 Å². The minimum atomic E-state index is -0.233. The number of thiol groups is 2. The zero-order valence-electron chi connectivity index (χ0n) is 19.2. The van der Waals surface area contributed by atoms with Crippen molar-refractivity contribution in [2.75, 3.05) is 0 Å². The van der Waals surface area contributed by atoms with Crippen LogP contribution in [0.4, 0.5) is 0 Å². The molecule has 0 bridgehead atoms. The van der Waals surface area contributed by atoms with Crippen molar-refractivity contribution in [1.82, 2.24) is 0 Å². The lowest BCUT2D eigenvalue weighted by Crippen LogP contribution is -2.30. The van der Waals surface area contributed by atoms with Crippen LogP contribution in [0.2, 0.25) is 0 Å². The Morgan fingerprint density at radius 1 is 0.500 bits per heavy atom. The van der Waals surface area contributed by atoms with Gasteiger partial charge in [-0.25, -0.2) is 0 Å². The molecule has 0 unspecified atom stereocenters. The Balaban J connectivity index is 4.01. The molecule has 26 heavy (non-hydrogen) atoms. The fourth-order valence-corrected chi connectivity index (χ4v) is 7.04. The molecule has 160 valence electrons. The summed E-state index contributed by atoms with van der Waals surface area (Å²) in [6.45, 7) is 14.5. The summed E-state index contributed by atoms with van der Waals surface area (Å²) in [5.41, 5.74) is 0. The van der Waals surface area contributed by atoms with Gasteiger partial charge >= 0.3 is 0 Å². The minimum absolute atomic E-state index is 0.233. The van der Waals surface area contributed by atoms with Gasteiger partial charge in [-0.15, -0.1) is 11.7 Å². The van der Waals surface area contributed by atoms with Gasteiger partial charge < -0.3 is 0 Å². The smallest absolute Gasteiger partial charge is 0.000681 e. The van der Waals surface area contributed by atoms with Crippen molar-refractivity contribution in [2.24, 2.45) is 0 Å². The second kappa shape index (κ2) is 15.6. The fraction of sp³-hybridized carbons (Fsp3) is 1.00. The molecule has 0 saturated heterocycles. The molecule has 0 aromatic rings. The molecule has 0 aromatic heterocycles. The molecule has 0 amide bonds. The van der Waals surface area contributed by atoms with E-state index in [2.05, 4.69) is 41.5 Å². The first-order valence-corrected chi connectivity index (χ1v) is 14.3. The molecule has 2 heteroatoms. The monoisotopic (exact) mass is 404 g/mol. The highest BCUT2D eigenvalue weighted by Gasteiger charge is 2.34. The topological polar surface area (TPSA) is 0 Å². The molecule has 0 saturated carbocycles. The number of hydrogen-bond donors (Lipinski definition) is 2. The van der Waals surface area contributed by atoms with Crippen LogP contribution in [-0.2, 0) is 0 Å². The second-order valence-electron chi connectivity index (χ2n) is 9.68. The lowest BCUT2D eigenvalue weighted by Gasteiger charge is -2.45. The molecule has 0 spiro atoms. The molecule has 0 radical (unpaired) electrons. The fourth-order valence-electron chi connectivity index (χ4n) is 4.06. The average molecular weight is 405 g/mol. The van der Waals surface area contributed by atoms with E-state index in [-0.39, 0.29) is 9.93 Å². The Hall–Kier alpha value is 0.700. The quantitative estimate of drug-likeness (QED) is 0.127. The normalized spacial score (nSPS) is 13.3. The molecule has 0 aromatic carbocycles. The van der Waals surface area contributed by atoms with Gasteiger partial charge in [0.05, 0.1) is 0 Å². The second-order valence-corrected chi connectivity index (χ2v) is 13.9. The van der Waals surface area contributed by atoms with Crippen LogP contribution in [0, 0.1) is 0 Å². The SMILES string of the molecule is CCCCCCCCCC(C)(C)[SH](S)C(C)(C)CCCCCCCCC. The Morgan fingerprint density at radius 2 is 0.769 bits per heavy atom. The Morgan fingerprint density at radius 3 is 1.08 bits per heavy atom. The molecular formula is C24H52S2. The van der Waals surface area contributed by atoms with Gasteiger partial charge in [0, 0.05) is 9.49 Å². The zero-order chi connectivity index (χ0) is 19.9. The predicted octanol–water partition coefficient (Wildman–Crippen LogP) is 9.67. The Kier molecular flexibility index (Phi) is 16.0. The van der Waals surface area contributed by atoms with Crippen LogP contribution < -0.4 is 0 Å². The summed E-state index contributed by atoms with van der Waals surface area (Å²) in [5, 5.41) is 0. The van der Waals surface area contributed by atoms with Crippen LogP contribution in [0.3, 0.4) is 0 Å². The van der Waals surface area contributed by atoms with Crippen molar-refractivity contribution in [3.8, 4) is 0 Å². The first-order chi connectivity index (χ1) is 12.3. The van der Waals surface area contributed by atoms with Crippen LogP contribution in [0.5, 0.6) is 0 Å². The highest BCUT2D eigenvalue weighted by molar-refractivity contribution is 8.79. The van der Waals surface area contributed by atoms with Crippen molar-refractivity contribution in [1.29, 1.82) is 0 Å². The summed E-state index contributed by atoms with van der Waals surface area (Å²) in [4.78, 5) is 0. The summed E-state index contributed by atoms with van der Waals surface area (Å²) >= 11 is 5.20. The van der Waals surface area contributed by atoms with Crippen molar-refractivity contribution in [3.63, 3.8) is 0 Å². The number of unbranched alkanes of at least 4 members (excludes halogenated alkanes) is 12. The molecule has 0 nitrogen and oxygen atoms in total. The van der Waals surface area contributed by atoms with E-state index in [1.54, 1.807) is 0 Å². The third-order valence-electron chi connectivity index (χ3n) is 5.93. The van der Waals surface area contributed by atoms with Crippen LogP contribution in [0.15, 0.2) is 0 Å². The summed E-state index contributed by atoms with van der Waals surface area (Å²) in [5.74, 6) is 0. The Labute approximate surface area is 175 Å². The summed E-state index contributed by atoms with van der Waals surface area (Å²) in [6.07, 6.45) is 22.5. The van der Waals surface area contributed by atoms with Crippen LogP contribution in [0.25, 0.3) is 0 Å². The lowest BCUT2D eigenvalue weighted by molar-refractivity contribution is 0.513. The third-order valence-corrected chi connectivity index (χ3v) is 11.9. The van der Waals surface area contributed by atoms with Crippen LogP contribution >= 0.6 is 21.6 Å². The van der Waals surface area contributed by atoms with Crippen molar-refractivity contribution in [2.45, 2.75) is 154 Å². The average Bonchev–Trinajstić information content (AvgIpc) is 2.59. The van der Waals surface area contributed by atoms with Crippen molar-refractivity contribution < 1.29 is 0 Å². The molecule has 0 N–H and O–H groups in total. The van der Waals surface area contributed by atoms with Crippen LogP contribution in [-0.4, -0.2) is 9.49 Å². The summed E-state index contributed by atoms with van der Waals surface area (Å²) < 4.78 is 0.818. The highest BCUT2D eigenvalue weighted by atomic mass is 33.1. The third kappa shape index (κ3) is 13.0. The molecule has 0 fully saturated rings. The van der Waals surface area contributed by atoms with Gasteiger partial charge in [0.1, 0.15) is 0 Å². The largest absolute Gasteiger partial charge is 0.197 e. The first kappa shape index (κ1) is 26.7. The van der Waals surface area contributed by atoms with E-state index in [1.165, 1.54) is 103 Å². The number of rotatable bonds is 18. The molecule has 0 aliphatic carbocycles. The lowest BCUT2D eigenvalue weighted by atomic mass is 10.0. The predicted molar refractivity (Wildman–Crippen MR) is 131 cm³/mol. The molecule has 0 heterocycles. The maximum Gasteiger partial charge on any atom is 0.000681 e.